The van der Waals surface area contributed by atoms with Crippen LogP contribution in [0, 0.1) is 12.7 Å². The molecule has 2 aromatic carbocycles. The van der Waals surface area contributed by atoms with Gasteiger partial charge in [0.2, 0.25) is 12.0 Å². The normalized spacial score (nSPS) is 12.9. The number of carbonyl (C=O) groups is 2. The third kappa shape index (κ3) is 5.58. The van der Waals surface area contributed by atoms with Crippen molar-refractivity contribution in [2.45, 2.75) is 32.3 Å². The first kappa shape index (κ1) is 19.4. The third-order valence-corrected chi connectivity index (χ3v) is 4.06. The van der Waals surface area contributed by atoms with E-state index in [4.69, 9.17) is 4.74 Å². The van der Waals surface area contributed by atoms with Gasteiger partial charge in [-0.1, -0.05) is 31.2 Å². The molecular formula is C20H22FNO4. The lowest BCUT2D eigenvalue weighted by Gasteiger charge is -2.18. The number of ether oxygens (including phenoxy) is 1. The quantitative estimate of drug-likeness (QED) is 0.758. The molecule has 0 bridgehead atoms. The van der Waals surface area contributed by atoms with Gasteiger partial charge >= 0.3 is 5.97 Å². The molecule has 0 aliphatic carbocycles. The number of carbonyl (C=O) groups excluding carboxylic acids is 1. The van der Waals surface area contributed by atoms with Gasteiger partial charge in [-0.05, 0) is 48.2 Å². The molecule has 6 heteroatoms. The highest BCUT2D eigenvalue weighted by atomic mass is 19.1. The van der Waals surface area contributed by atoms with Crippen LogP contribution in [0.3, 0.4) is 0 Å². The highest BCUT2D eigenvalue weighted by Crippen LogP contribution is 2.22. The van der Waals surface area contributed by atoms with Crippen molar-refractivity contribution in [3.63, 3.8) is 0 Å². The van der Waals surface area contributed by atoms with Crippen molar-refractivity contribution in [2.75, 3.05) is 6.54 Å². The summed E-state index contributed by atoms with van der Waals surface area (Å²) >= 11 is 0. The van der Waals surface area contributed by atoms with Crippen molar-refractivity contribution in [1.82, 2.24) is 5.32 Å². The van der Waals surface area contributed by atoms with Gasteiger partial charge in [0.15, 0.2) is 0 Å². The van der Waals surface area contributed by atoms with Crippen molar-refractivity contribution in [3.05, 3.63) is 65.5 Å². The molecule has 2 N–H and O–H groups in total. The fourth-order valence-electron chi connectivity index (χ4n) is 2.66. The van der Waals surface area contributed by atoms with Gasteiger partial charge in [-0.15, -0.1) is 0 Å². The van der Waals surface area contributed by atoms with Gasteiger partial charge in [0, 0.05) is 6.42 Å². The number of rotatable bonds is 8. The summed E-state index contributed by atoms with van der Waals surface area (Å²) in [4.78, 5) is 23.5. The highest BCUT2D eigenvalue weighted by Gasteiger charge is 2.21. The second-order valence-electron chi connectivity index (χ2n) is 6.16. The second-order valence-corrected chi connectivity index (χ2v) is 6.16. The molecule has 138 valence electrons. The summed E-state index contributed by atoms with van der Waals surface area (Å²) in [6, 6.07) is 12.9. The summed E-state index contributed by atoms with van der Waals surface area (Å²) in [7, 11) is 0. The van der Waals surface area contributed by atoms with Crippen molar-refractivity contribution >= 4 is 11.9 Å². The van der Waals surface area contributed by atoms with E-state index in [0.717, 1.165) is 11.1 Å². The zero-order valence-corrected chi connectivity index (χ0v) is 14.7. The average Bonchev–Trinajstić information content (AvgIpc) is 2.60. The van der Waals surface area contributed by atoms with Gasteiger partial charge < -0.3 is 15.2 Å². The Morgan fingerprint density at radius 3 is 2.42 bits per heavy atom. The van der Waals surface area contributed by atoms with Crippen LogP contribution in [0.15, 0.2) is 48.5 Å². The number of carboxylic acids is 1. The van der Waals surface area contributed by atoms with Crippen molar-refractivity contribution in [2.24, 2.45) is 0 Å². The van der Waals surface area contributed by atoms with Gasteiger partial charge in [0.25, 0.3) is 0 Å². The zero-order valence-electron chi connectivity index (χ0n) is 14.7. The minimum absolute atomic E-state index is 0.0116. The van der Waals surface area contributed by atoms with Crippen LogP contribution < -0.4 is 10.1 Å². The van der Waals surface area contributed by atoms with E-state index in [-0.39, 0.29) is 30.5 Å². The van der Waals surface area contributed by atoms with Gasteiger partial charge in [0.05, 0.1) is 6.54 Å². The van der Waals surface area contributed by atoms with Crippen molar-refractivity contribution < 1.29 is 23.8 Å². The molecule has 26 heavy (non-hydrogen) atoms. The first-order valence-electron chi connectivity index (χ1n) is 8.34. The average molecular weight is 359 g/mol. The van der Waals surface area contributed by atoms with E-state index in [2.05, 4.69) is 5.32 Å². The maximum Gasteiger partial charge on any atom is 0.346 e. The largest absolute Gasteiger partial charge is 0.478 e. The standard InChI is InChI=1S/C20H22FNO4/c1-13-5-3-4-6-17(13)14(2)11-19(23)22-12-18(20(24)25)26-16-9-7-15(21)8-10-16/h3-10,14,18H,11-12H2,1-2H3,(H,22,23)(H,24,25). The molecule has 0 heterocycles. The minimum atomic E-state index is -1.25. The van der Waals surface area contributed by atoms with Crippen LogP contribution in [0.1, 0.15) is 30.4 Å². The second kappa shape index (κ2) is 8.99. The summed E-state index contributed by atoms with van der Waals surface area (Å²) < 4.78 is 18.2. The fourth-order valence-corrected chi connectivity index (χ4v) is 2.66. The lowest BCUT2D eigenvalue weighted by atomic mass is 9.93. The van der Waals surface area contributed by atoms with Gasteiger partial charge in [-0.2, -0.15) is 0 Å². The lowest BCUT2D eigenvalue weighted by molar-refractivity contribution is -0.145. The SMILES string of the molecule is Cc1ccccc1C(C)CC(=O)NCC(Oc1ccc(F)cc1)C(=O)O. The van der Waals surface area contributed by atoms with Gasteiger partial charge in [-0.25, -0.2) is 9.18 Å². The van der Waals surface area contributed by atoms with Crippen LogP contribution in [0.2, 0.25) is 0 Å². The van der Waals surface area contributed by atoms with E-state index < -0.39 is 17.9 Å². The fraction of sp³-hybridized carbons (Fsp3) is 0.300. The Labute approximate surface area is 151 Å². The number of carboxylic acid groups (broad SMARTS) is 1. The Morgan fingerprint density at radius 1 is 1.15 bits per heavy atom. The van der Waals surface area contributed by atoms with Gasteiger partial charge in [0.1, 0.15) is 11.6 Å². The monoisotopic (exact) mass is 359 g/mol. The van der Waals surface area contributed by atoms with E-state index in [1.54, 1.807) is 0 Å². The molecule has 2 rings (SSSR count). The topological polar surface area (TPSA) is 75.6 Å². The third-order valence-electron chi connectivity index (χ3n) is 4.06. The van der Waals surface area contributed by atoms with E-state index in [1.807, 2.05) is 38.1 Å². The molecule has 2 unspecified atom stereocenters. The predicted molar refractivity (Wildman–Crippen MR) is 95.7 cm³/mol. The smallest absolute Gasteiger partial charge is 0.346 e. The molecule has 2 aromatic rings. The minimum Gasteiger partial charge on any atom is -0.478 e. The van der Waals surface area contributed by atoms with Crippen LogP contribution in [-0.4, -0.2) is 29.6 Å². The molecule has 0 aromatic heterocycles. The Morgan fingerprint density at radius 2 is 1.81 bits per heavy atom. The number of benzene rings is 2. The van der Waals surface area contributed by atoms with E-state index >= 15 is 0 Å². The van der Waals surface area contributed by atoms with E-state index in [9.17, 15) is 19.1 Å². The summed E-state index contributed by atoms with van der Waals surface area (Å²) in [6.07, 6.45) is -1.01. The summed E-state index contributed by atoms with van der Waals surface area (Å²) in [6.45, 7) is 3.76. The molecular weight excluding hydrogens is 337 g/mol. The molecule has 1 amide bonds. The van der Waals surface area contributed by atoms with Crippen molar-refractivity contribution in [1.29, 1.82) is 0 Å². The first-order chi connectivity index (χ1) is 12.4. The summed E-state index contributed by atoms with van der Waals surface area (Å²) in [5.41, 5.74) is 2.19. The highest BCUT2D eigenvalue weighted by molar-refractivity contribution is 5.79. The van der Waals surface area contributed by atoms with Crippen LogP contribution in [0.25, 0.3) is 0 Å². The molecule has 0 aliphatic rings. The lowest BCUT2D eigenvalue weighted by Crippen LogP contribution is -2.40. The molecule has 2 atom stereocenters. The molecule has 5 nitrogen and oxygen atoms in total. The Hall–Kier alpha value is -2.89. The van der Waals surface area contributed by atoms with Gasteiger partial charge in [-0.3, -0.25) is 4.79 Å². The molecule has 0 spiro atoms. The zero-order chi connectivity index (χ0) is 19.1. The number of hydrogen-bond acceptors (Lipinski definition) is 3. The maximum atomic E-state index is 12.9. The first-order valence-corrected chi connectivity index (χ1v) is 8.34. The molecule has 0 fully saturated rings. The van der Waals surface area contributed by atoms with Crippen LogP contribution in [-0.2, 0) is 9.59 Å². The molecule has 0 saturated carbocycles. The molecule has 0 saturated heterocycles. The predicted octanol–water partition coefficient (Wildman–Crippen LogP) is 3.28. The van der Waals surface area contributed by atoms with E-state index in [0.29, 0.717) is 0 Å². The number of aliphatic carboxylic acids is 1. The van der Waals surface area contributed by atoms with Crippen LogP contribution in [0.5, 0.6) is 5.75 Å². The number of halogens is 1. The summed E-state index contributed by atoms with van der Waals surface area (Å²) in [5, 5.41) is 11.8. The van der Waals surface area contributed by atoms with E-state index in [1.165, 1.54) is 24.3 Å². The number of nitrogens with one attached hydrogen (secondary N) is 1. The number of hydrogen-bond donors (Lipinski definition) is 2. The Balaban J connectivity index is 1.89. The molecule has 0 radical (unpaired) electrons. The molecule has 0 aliphatic heterocycles. The van der Waals surface area contributed by atoms with Crippen LogP contribution in [0.4, 0.5) is 4.39 Å². The van der Waals surface area contributed by atoms with Crippen molar-refractivity contribution in [3.8, 4) is 5.75 Å². The summed E-state index contributed by atoms with van der Waals surface area (Å²) in [5.74, 6) is -1.67. The Kier molecular flexibility index (Phi) is 6.72. The maximum absolute atomic E-state index is 12.9. The number of amides is 1. The van der Waals surface area contributed by atoms with Crippen LogP contribution >= 0.6 is 0 Å². The Bertz CT molecular complexity index is 761. The number of aryl methyl sites for hydroxylation is 1.